The molecule has 1 aromatic heterocycles. The summed E-state index contributed by atoms with van der Waals surface area (Å²) in [7, 11) is 1.80. The molecule has 0 fully saturated rings. The Morgan fingerprint density at radius 2 is 1.86 bits per heavy atom. The third-order valence-corrected chi connectivity index (χ3v) is 4.09. The number of aliphatic carboxylic acids is 1. The molecule has 0 saturated heterocycles. The maximum atomic E-state index is 12.4. The van der Waals surface area contributed by atoms with Gasteiger partial charge >= 0.3 is 5.97 Å². The van der Waals surface area contributed by atoms with Crippen molar-refractivity contribution in [2.45, 2.75) is 19.4 Å². The summed E-state index contributed by atoms with van der Waals surface area (Å²) < 4.78 is 2.67. The van der Waals surface area contributed by atoms with Gasteiger partial charge in [-0.1, -0.05) is 28.1 Å². The molecule has 0 radical (unpaired) electrons. The van der Waals surface area contributed by atoms with Gasteiger partial charge in [0.25, 0.3) is 5.91 Å². The molecule has 116 valence electrons. The van der Waals surface area contributed by atoms with Crippen LogP contribution in [-0.4, -0.2) is 21.6 Å². The Morgan fingerprint density at radius 3 is 2.36 bits per heavy atom. The summed E-state index contributed by atoms with van der Waals surface area (Å²) in [5, 5.41) is 11.9. The molecule has 0 spiro atoms. The molecule has 0 aliphatic rings. The monoisotopic (exact) mass is 364 g/mol. The Hall–Kier alpha value is -2.08. The van der Waals surface area contributed by atoms with E-state index in [4.69, 9.17) is 5.11 Å². The van der Waals surface area contributed by atoms with Crippen LogP contribution in [0.4, 0.5) is 0 Å². The first kappa shape index (κ1) is 16.3. The predicted molar refractivity (Wildman–Crippen MR) is 86.8 cm³/mol. The number of carboxylic acids is 1. The van der Waals surface area contributed by atoms with E-state index in [1.807, 2.05) is 25.1 Å². The number of aromatic nitrogens is 1. The molecule has 1 atom stereocenters. The van der Waals surface area contributed by atoms with Gasteiger partial charge in [-0.05, 0) is 36.8 Å². The molecule has 2 N–H and O–H groups in total. The zero-order valence-electron chi connectivity index (χ0n) is 12.3. The fourth-order valence-electron chi connectivity index (χ4n) is 2.20. The van der Waals surface area contributed by atoms with E-state index >= 15 is 0 Å². The highest BCUT2D eigenvalue weighted by Crippen LogP contribution is 2.20. The summed E-state index contributed by atoms with van der Waals surface area (Å²) >= 11 is 3.34. The molecule has 1 heterocycles. The lowest BCUT2D eigenvalue weighted by Crippen LogP contribution is -2.31. The number of carbonyl (C=O) groups is 2. The van der Waals surface area contributed by atoms with Crippen molar-refractivity contribution < 1.29 is 14.7 Å². The average molecular weight is 365 g/mol. The van der Waals surface area contributed by atoms with Crippen molar-refractivity contribution in [3.8, 4) is 0 Å². The molecular formula is C16H17BrN2O3. The first-order valence-corrected chi connectivity index (χ1v) is 7.58. The van der Waals surface area contributed by atoms with Crippen LogP contribution < -0.4 is 5.32 Å². The Kier molecular flexibility index (Phi) is 5.03. The smallest absolute Gasteiger partial charge is 0.305 e. The standard InChI is InChI=1S/C16H17BrN2O3/c1-10-3-8-14(19(10)2)16(22)18-13(9-15(20)21)11-4-6-12(17)7-5-11/h3-8,13H,9H2,1-2H3,(H,18,22)(H,20,21). The van der Waals surface area contributed by atoms with Crippen LogP contribution >= 0.6 is 15.9 Å². The predicted octanol–water partition coefficient (Wildman–Crippen LogP) is 3.04. The number of hydrogen-bond donors (Lipinski definition) is 2. The van der Waals surface area contributed by atoms with Gasteiger partial charge in [0.05, 0.1) is 12.5 Å². The van der Waals surface area contributed by atoms with E-state index in [1.54, 1.807) is 29.8 Å². The van der Waals surface area contributed by atoms with Crippen molar-refractivity contribution in [3.63, 3.8) is 0 Å². The molecule has 2 rings (SSSR count). The molecule has 6 heteroatoms. The molecule has 2 aromatic rings. The number of carbonyl (C=O) groups excluding carboxylic acids is 1. The number of benzene rings is 1. The van der Waals surface area contributed by atoms with Gasteiger partial charge in [-0.3, -0.25) is 9.59 Å². The van der Waals surface area contributed by atoms with Gasteiger partial charge in [0, 0.05) is 17.2 Å². The van der Waals surface area contributed by atoms with Crippen molar-refractivity contribution in [3.05, 3.63) is 57.8 Å². The summed E-state index contributed by atoms with van der Waals surface area (Å²) in [6.45, 7) is 1.90. The second-order valence-electron chi connectivity index (χ2n) is 5.09. The molecular weight excluding hydrogens is 348 g/mol. The highest BCUT2D eigenvalue weighted by molar-refractivity contribution is 9.10. The van der Waals surface area contributed by atoms with Crippen molar-refractivity contribution in [2.24, 2.45) is 7.05 Å². The molecule has 0 aliphatic heterocycles. The van der Waals surface area contributed by atoms with Crippen LogP contribution in [0.2, 0.25) is 0 Å². The van der Waals surface area contributed by atoms with E-state index in [2.05, 4.69) is 21.2 Å². The van der Waals surface area contributed by atoms with Crippen molar-refractivity contribution >= 4 is 27.8 Å². The number of hydrogen-bond acceptors (Lipinski definition) is 2. The minimum Gasteiger partial charge on any atom is -0.481 e. The van der Waals surface area contributed by atoms with Gasteiger partial charge in [-0.25, -0.2) is 0 Å². The fourth-order valence-corrected chi connectivity index (χ4v) is 2.46. The van der Waals surface area contributed by atoms with Crippen LogP contribution in [0.1, 0.15) is 34.2 Å². The van der Waals surface area contributed by atoms with Crippen molar-refractivity contribution in [2.75, 3.05) is 0 Å². The topological polar surface area (TPSA) is 71.3 Å². The minimum atomic E-state index is -0.962. The van der Waals surface area contributed by atoms with Gasteiger partial charge < -0.3 is 15.0 Å². The summed E-state index contributed by atoms with van der Waals surface area (Å²) in [4.78, 5) is 23.5. The second-order valence-corrected chi connectivity index (χ2v) is 6.01. The lowest BCUT2D eigenvalue weighted by molar-refractivity contribution is -0.137. The van der Waals surface area contributed by atoms with Crippen LogP contribution in [-0.2, 0) is 11.8 Å². The highest BCUT2D eigenvalue weighted by atomic mass is 79.9. The van der Waals surface area contributed by atoms with E-state index in [0.717, 1.165) is 15.7 Å². The van der Waals surface area contributed by atoms with Gasteiger partial charge in [0.1, 0.15) is 5.69 Å². The quantitative estimate of drug-likeness (QED) is 0.856. The van der Waals surface area contributed by atoms with Crippen LogP contribution in [0.25, 0.3) is 0 Å². The summed E-state index contributed by atoms with van der Waals surface area (Å²) in [6, 6.07) is 10.2. The average Bonchev–Trinajstić information content (AvgIpc) is 2.78. The van der Waals surface area contributed by atoms with Gasteiger partial charge in [-0.2, -0.15) is 0 Å². The Balaban J connectivity index is 2.23. The molecule has 1 unspecified atom stereocenters. The molecule has 1 aromatic carbocycles. The summed E-state index contributed by atoms with van der Waals surface area (Å²) in [5.74, 6) is -1.25. The maximum Gasteiger partial charge on any atom is 0.305 e. The normalized spacial score (nSPS) is 12.0. The minimum absolute atomic E-state index is 0.170. The highest BCUT2D eigenvalue weighted by Gasteiger charge is 2.20. The third kappa shape index (κ3) is 3.76. The van der Waals surface area contributed by atoms with Crippen molar-refractivity contribution in [1.82, 2.24) is 9.88 Å². The fraction of sp³-hybridized carbons (Fsp3) is 0.250. The maximum absolute atomic E-state index is 12.4. The van der Waals surface area contributed by atoms with E-state index in [1.165, 1.54) is 0 Å². The van der Waals surface area contributed by atoms with Crippen LogP contribution in [0.3, 0.4) is 0 Å². The molecule has 22 heavy (non-hydrogen) atoms. The number of rotatable bonds is 5. The van der Waals surface area contributed by atoms with Gasteiger partial charge in [0.15, 0.2) is 0 Å². The Bertz CT molecular complexity index is 692. The van der Waals surface area contributed by atoms with E-state index in [-0.39, 0.29) is 12.3 Å². The zero-order chi connectivity index (χ0) is 16.3. The molecule has 0 saturated carbocycles. The molecule has 0 bridgehead atoms. The molecule has 1 amide bonds. The molecule has 0 aliphatic carbocycles. The summed E-state index contributed by atoms with van der Waals surface area (Å²) in [5.41, 5.74) is 2.22. The lowest BCUT2D eigenvalue weighted by Gasteiger charge is -2.18. The largest absolute Gasteiger partial charge is 0.481 e. The number of halogens is 1. The van der Waals surface area contributed by atoms with E-state index in [0.29, 0.717) is 5.69 Å². The van der Waals surface area contributed by atoms with E-state index in [9.17, 15) is 9.59 Å². The number of carboxylic acid groups (broad SMARTS) is 1. The number of amides is 1. The first-order chi connectivity index (χ1) is 10.4. The first-order valence-electron chi connectivity index (χ1n) is 6.79. The van der Waals surface area contributed by atoms with Crippen LogP contribution in [0.5, 0.6) is 0 Å². The van der Waals surface area contributed by atoms with Gasteiger partial charge in [-0.15, -0.1) is 0 Å². The number of aryl methyl sites for hydroxylation is 1. The number of nitrogens with zero attached hydrogens (tertiary/aromatic N) is 1. The summed E-state index contributed by atoms with van der Waals surface area (Å²) in [6.07, 6.45) is -0.170. The SMILES string of the molecule is Cc1ccc(C(=O)NC(CC(=O)O)c2ccc(Br)cc2)n1C. The van der Waals surface area contributed by atoms with Crippen LogP contribution in [0, 0.1) is 6.92 Å². The third-order valence-electron chi connectivity index (χ3n) is 3.56. The molecule has 5 nitrogen and oxygen atoms in total. The lowest BCUT2D eigenvalue weighted by atomic mass is 10.0. The second kappa shape index (κ2) is 6.79. The Morgan fingerprint density at radius 1 is 1.23 bits per heavy atom. The zero-order valence-corrected chi connectivity index (χ0v) is 13.9. The van der Waals surface area contributed by atoms with Crippen molar-refractivity contribution in [1.29, 1.82) is 0 Å². The number of nitrogens with one attached hydrogen (secondary N) is 1. The van der Waals surface area contributed by atoms with Crippen LogP contribution in [0.15, 0.2) is 40.9 Å². The van der Waals surface area contributed by atoms with E-state index < -0.39 is 12.0 Å². The van der Waals surface area contributed by atoms with Gasteiger partial charge in [0.2, 0.25) is 0 Å². The Labute approximate surface area is 137 Å².